The molecule has 0 fully saturated rings. The average molecular weight is 289 g/mol. The molecule has 0 spiro atoms. The van der Waals surface area contributed by atoms with Gasteiger partial charge in [-0.3, -0.25) is 4.79 Å². The summed E-state index contributed by atoms with van der Waals surface area (Å²) in [7, 11) is 0. The second-order valence-electron chi connectivity index (χ2n) is 5.76. The Morgan fingerprint density at radius 1 is 0.864 bits per heavy atom. The van der Waals surface area contributed by atoms with Crippen molar-refractivity contribution in [2.75, 3.05) is 5.32 Å². The molecule has 2 nitrogen and oxygen atoms in total. The van der Waals surface area contributed by atoms with Crippen molar-refractivity contribution >= 4 is 22.4 Å². The van der Waals surface area contributed by atoms with Gasteiger partial charge in [-0.25, -0.2) is 0 Å². The smallest absolute Gasteiger partial charge is 0.255 e. The second kappa shape index (κ2) is 6.02. The quantitative estimate of drug-likeness (QED) is 0.704. The number of hydrogen-bond acceptors (Lipinski definition) is 1. The van der Waals surface area contributed by atoms with Gasteiger partial charge in [0.05, 0.1) is 0 Å². The van der Waals surface area contributed by atoms with E-state index in [1.54, 1.807) is 0 Å². The molecule has 1 amide bonds. The summed E-state index contributed by atoms with van der Waals surface area (Å²) >= 11 is 0. The Hall–Kier alpha value is -2.61. The number of carbonyl (C=O) groups is 1. The van der Waals surface area contributed by atoms with Crippen molar-refractivity contribution in [2.45, 2.75) is 19.8 Å². The van der Waals surface area contributed by atoms with Gasteiger partial charge in [0.2, 0.25) is 0 Å². The molecule has 110 valence electrons. The summed E-state index contributed by atoms with van der Waals surface area (Å²) in [5.74, 6) is 0.391. The van der Waals surface area contributed by atoms with Crippen molar-refractivity contribution in [1.82, 2.24) is 0 Å². The maximum Gasteiger partial charge on any atom is 0.255 e. The largest absolute Gasteiger partial charge is 0.321 e. The Bertz CT molecular complexity index is 798. The van der Waals surface area contributed by atoms with Crippen LogP contribution in [0.25, 0.3) is 10.8 Å². The summed E-state index contributed by atoms with van der Waals surface area (Å²) in [6, 6.07) is 21.8. The van der Waals surface area contributed by atoms with Gasteiger partial charge in [0.1, 0.15) is 0 Å². The van der Waals surface area contributed by atoms with Crippen molar-refractivity contribution in [3.8, 4) is 0 Å². The minimum atomic E-state index is -0.0772. The Kier molecular flexibility index (Phi) is 3.92. The topological polar surface area (TPSA) is 29.1 Å². The number of nitrogens with one attached hydrogen (secondary N) is 1. The molecule has 3 rings (SSSR count). The third kappa shape index (κ3) is 2.86. The maximum atomic E-state index is 12.4. The normalized spacial score (nSPS) is 10.9. The van der Waals surface area contributed by atoms with Gasteiger partial charge < -0.3 is 5.32 Å². The van der Waals surface area contributed by atoms with Gasteiger partial charge in [-0.15, -0.1) is 0 Å². The lowest BCUT2D eigenvalue weighted by Crippen LogP contribution is -2.12. The fourth-order valence-electron chi connectivity index (χ4n) is 2.55. The molecular formula is C20H19NO. The van der Waals surface area contributed by atoms with Crippen LogP contribution in [0.4, 0.5) is 5.69 Å². The first kappa shape index (κ1) is 14.3. The molecule has 1 N–H and O–H groups in total. The van der Waals surface area contributed by atoms with Crippen molar-refractivity contribution in [2.24, 2.45) is 0 Å². The fraction of sp³-hybridized carbons (Fsp3) is 0.150. The number of carbonyl (C=O) groups excluding carboxylic acids is 1. The zero-order chi connectivity index (χ0) is 15.5. The molecule has 0 heterocycles. The summed E-state index contributed by atoms with van der Waals surface area (Å²) < 4.78 is 0. The number of benzene rings is 3. The highest BCUT2D eigenvalue weighted by atomic mass is 16.1. The van der Waals surface area contributed by atoms with Gasteiger partial charge >= 0.3 is 0 Å². The van der Waals surface area contributed by atoms with Gasteiger partial charge in [-0.05, 0) is 35.1 Å². The van der Waals surface area contributed by atoms with E-state index in [2.05, 4.69) is 19.2 Å². The maximum absolute atomic E-state index is 12.4. The monoisotopic (exact) mass is 289 g/mol. The Labute approximate surface area is 130 Å². The lowest BCUT2D eigenvalue weighted by molar-refractivity contribution is 0.102. The Morgan fingerprint density at radius 3 is 2.27 bits per heavy atom. The summed E-state index contributed by atoms with van der Waals surface area (Å²) in [4.78, 5) is 12.4. The molecule has 0 aliphatic heterocycles. The van der Waals surface area contributed by atoms with Crippen LogP contribution in [0.15, 0.2) is 66.7 Å². The summed E-state index contributed by atoms with van der Waals surface area (Å²) in [5.41, 5.74) is 2.76. The molecule has 2 heteroatoms. The minimum absolute atomic E-state index is 0.0772. The zero-order valence-corrected chi connectivity index (χ0v) is 12.8. The van der Waals surface area contributed by atoms with Crippen LogP contribution in [0.2, 0.25) is 0 Å². The van der Waals surface area contributed by atoms with Crippen LogP contribution < -0.4 is 5.32 Å². The van der Waals surface area contributed by atoms with E-state index < -0.39 is 0 Å². The summed E-state index contributed by atoms with van der Waals surface area (Å²) in [5, 5.41) is 5.18. The number of anilines is 1. The Morgan fingerprint density at radius 2 is 1.55 bits per heavy atom. The lowest BCUT2D eigenvalue weighted by atomic mass is 10.0. The minimum Gasteiger partial charge on any atom is -0.321 e. The second-order valence-corrected chi connectivity index (χ2v) is 5.76. The van der Waals surface area contributed by atoms with E-state index >= 15 is 0 Å². The standard InChI is InChI=1S/C20H19NO/c1-14(2)15-10-12-17(13-11-15)20(22)21-19-9-5-7-16-6-3-4-8-18(16)19/h3-14H,1-2H3,(H,21,22). The SMILES string of the molecule is CC(C)c1ccc(C(=O)Nc2cccc3ccccc23)cc1. The van der Waals surface area contributed by atoms with E-state index in [1.165, 1.54) is 5.56 Å². The third-order valence-electron chi connectivity index (χ3n) is 3.88. The molecule has 0 bridgehead atoms. The van der Waals surface area contributed by atoms with Gasteiger partial charge in [-0.2, -0.15) is 0 Å². The van der Waals surface area contributed by atoms with Crippen LogP contribution in [0.3, 0.4) is 0 Å². The van der Waals surface area contributed by atoms with Crippen LogP contribution >= 0.6 is 0 Å². The van der Waals surface area contributed by atoms with Crippen molar-refractivity contribution in [1.29, 1.82) is 0 Å². The molecule has 0 aromatic heterocycles. The van der Waals surface area contributed by atoms with Gasteiger partial charge in [-0.1, -0.05) is 62.4 Å². The third-order valence-corrected chi connectivity index (χ3v) is 3.88. The summed E-state index contributed by atoms with van der Waals surface area (Å²) in [6.45, 7) is 4.29. The average Bonchev–Trinajstić information content (AvgIpc) is 2.55. The highest BCUT2D eigenvalue weighted by molar-refractivity contribution is 6.09. The molecule has 0 atom stereocenters. The van der Waals surface area contributed by atoms with Crippen LogP contribution in [0, 0.1) is 0 Å². The molecule has 0 saturated carbocycles. The molecule has 3 aromatic carbocycles. The number of rotatable bonds is 3. The zero-order valence-electron chi connectivity index (χ0n) is 12.8. The van der Waals surface area contributed by atoms with Crippen molar-refractivity contribution in [3.63, 3.8) is 0 Å². The van der Waals surface area contributed by atoms with Gasteiger partial charge in [0.15, 0.2) is 0 Å². The molecule has 0 aliphatic carbocycles. The first-order valence-electron chi connectivity index (χ1n) is 7.54. The van der Waals surface area contributed by atoms with Crippen molar-refractivity contribution in [3.05, 3.63) is 77.9 Å². The van der Waals surface area contributed by atoms with Crippen LogP contribution in [-0.2, 0) is 0 Å². The number of hydrogen-bond donors (Lipinski definition) is 1. The number of fused-ring (bicyclic) bond motifs is 1. The molecular weight excluding hydrogens is 270 g/mol. The van der Waals surface area contributed by atoms with E-state index in [0.717, 1.165) is 16.5 Å². The van der Waals surface area contributed by atoms with Crippen LogP contribution in [0.5, 0.6) is 0 Å². The van der Waals surface area contributed by atoms with E-state index in [1.807, 2.05) is 66.7 Å². The fourth-order valence-corrected chi connectivity index (χ4v) is 2.55. The predicted octanol–water partition coefficient (Wildman–Crippen LogP) is 5.22. The predicted molar refractivity (Wildman–Crippen MR) is 92.4 cm³/mol. The highest BCUT2D eigenvalue weighted by Gasteiger charge is 2.08. The molecule has 0 unspecified atom stereocenters. The van der Waals surface area contributed by atoms with Crippen LogP contribution in [-0.4, -0.2) is 5.91 Å². The van der Waals surface area contributed by atoms with E-state index in [0.29, 0.717) is 11.5 Å². The highest BCUT2D eigenvalue weighted by Crippen LogP contribution is 2.23. The van der Waals surface area contributed by atoms with E-state index in [9.17, 15) is 4.79 Å². The molecule has 3 aromatic rings. The van der Waals surface area contributed by atoms with E-state index in [4.69, 9.17) is 0 Å². The van der Waals surface area contributed by atoms with Crippen LogP contribution in [0.1, 0.15) is 35.7 Å². The first-order valence-corrected chi connectivity index (χ1v) is 7.54. The first-order chi connectivity index (χ1) is 10.6. The molecule has 0 saturated heterocycles. The van der Waals surface area contributed by atoms with Gasteiger partial charge in [0, 0.05) is 16.6 Å². The lowest BCUT2D eigenvalue weighted by Gasteiger charge is -2.10. The molecule has 22 heavy (non-hydrogen) atoms. The molecule has 0 radical (unpaired) electrons. The van der Waals surface area contributed by atoms with E-state index in [-0.39, 0.29) is 5.91 Å². The van der Waals surface area contributed by atoms with Crippen molar-refractivity contribution < 1.29 is 4.79 Å². The Balaban J connectivity index is 1.87. The number of amides is 1. The van der Waals surface area contributed by atoms with Gasteiger partial charge in [0.25, 0.3) is 5.91 Å². The summed E-state index contributed by atoms with van der Waals surface area (Å²) in [6.07, 6.45) is 0. The molecule has 0 aliphatic rings.